The van der Waals surface area contributed by atoms with Gasteiger partial charge in [-0.05, 0) is 25.7 Å². The van der Waals surface area contributed by atoms with E-state index in [4.69, 9.17) is 4.74 Å². The Bertz CT molecular complexity index is 209. The average Bonchev–Trinajstić information content (AvgIpc) is 2.28. The maximum atomic E-state index is 11.2. The Labute approximate surface area is 100 Å². The van der Waals surface area contributed by atoms with E-state index in [1.54, 1.807) is 0 Å². The van der Waals surface area contributed by atoms with Crippen molar-refractivity contribution >= 4 is 5.97 Å². The van der Waals surface area contributed by atoms with Gasteiger partial charge in [0.2, 0.25) is 0 Å². The first kappa shape index (κ1) is 15.2. The van der Waals surface area contributed by atoms with Gasteiger partial charge in [-0.15, -0.1) is 0 Å². The molecule has 1 atom stereocenters. The van der Waals surface area contributed by atoms with E-state index in [0.717, 1.165) is 18.8 Å². The van der Waals surface area contributed by atoms with Crippen molar-refractivity contribution < 1.29 is 9.53 Å². The van der Waals surface area contributed by atoms with Crippen molar-refractivity contribution in [2.75, 3.05) is 6.61 Å². The highest BCUT2D eigenvalue weighted by molar-refractivity contribution is 5.87. The largest absolute Gasteiger partial charge is 0.463 e. The van der Waals surface area contributed by atoms with E-state index in [2.05, 4.69) is 20.4 Å². The predicted octanol–water partition coefficient (Wildman–Crippen LogP) is 4.10. The second-order valence-corrected chi connectivity index (χ2v) is 4.44. The van der Waals surface area contributed by atoms with Crippen LogP contribution in [-0.4, -0.2) is 12.6 Å². The summed E-state index contributed by atoms with van der Waals surface area (Å²) >= 11 is 0. The summed E-state index contributed by atoms with van der Waals surface area (Å²) in [5, 5.41) is 0. The zero-order chi connectivity index (χ0) is 12.4. The van der Waals surface area contributed by atoms with E-state index in [0.29, 0.717) is 12.2 Å². The van der Waals surface area contributed by atoms with Crippen LogP contribution < -0.4 is 0 Å². The van der Waals surface area contributed by atoms with Gasteiger partial charge >= 0.3 is 5.97 Å². The topological polar surface area (TPSA) is 26.3 Å². The molecule has 1 unspecified atom stereocenters. The summed E-state index contributed by atoms with van der Waals surface area (Å²) in [7, 11) is 0. The molecule has 0 bridgehead atoms. The molecule has 0 saturated carbocycles. The molecule has 0 aliphatic carbocycles. The van der Waals surface area contributed by atoms with Gasteiger partial charge < -0.3 is 4.74 Å². The van der Waals surface area contributed by atoms with Gasteiger partial charge in [0.15, 0.2) is 0 Å². The van der Waals surface area contributed by atoms with Gasteiger partial charge in [0.1, 0.15) is 0 Å². The third-order valence-electron chi connectivity index (χ3n) is 2.94. The molecule has 0 aliphatic heterocycles. The first-order valence-corrected chi connectivity index (χ1v) is 6.46. The van der Waals surface area contributed by atoms with Gasteiger partial charge in [0.25, 0.3) is 0 Å². The maximum Gasteiger partial charge on any atom is 0.333 e. The third kappa shape index (κ3) is 7.49. The van der Waals surface area contributed by atoms with Gasteiger partial charge in [-0.1, -0.05) is 46.1 Å². The molecule has 0 N–H and O–H groups in total. The van der Waals surface area contributed by atoms with Crippen molar-refractivity contribution in [1.82, 2.24) is 0 Å². The Morgan fingerprint density at radius 3 is 2.50 bits per heavy atom. The van der Waals surface area contributed by atoms with Crippen LogP contribution in [0.15, 0.2) is 12.2 Å². The molecule has 2 heteroatoms. The zero-order valence-corrected chi connectivity index (χ0v) is 11.1. The van der Waals surface area contributed by atoms with Gasteiger partial charge in [0, 0.05) is 5.57 Å². The van der Waals surface area contributed by atoms with Crippen LogP contribution in [-0.2, 0) is 9.53 Å². The van der Waals surface area contributed by atoms with E-state index in [1.807, 2.05) is 6.92 Å². The fourth-order valence-electron chi connectivity index (χ4n) is 1.55. The van der Waals surface area contributed by atoms with Crippen molar-refractivity contribution in [1.29, 1.82) is 0 Å². The van der Waals surface area contributed by atoms with E-state index < -0.39 is 0 Å². The number of unbranched alkanes of at least 4 members (excludes halogenated alkanes) is 2. The monoisotopic (exact) mass is 226 g/mol. The van der Waals surface area contributed by atoms with Crippen LogP contribution in [0.25, 0.3) is 0 Å². The second-order valence-electron chi connectivity index (χ2n) is 4.44. The van der Waals surface area contributed by atoms with Gasteiger partial charge in [-0.3, -0.25) is 0 Å². The summed E-state index contributed by atoms with van der Waals surface area (Å²) in [5.41, 5.74) is 0.616. The van der Waals surface area contributed by atoms with E-state index in [1.165, 1.54) is 25.7 Å². The van der Waals surface area contributed by atoms with Crippen LogP contribution in [0, 0.1) is 5.92 Å². The maximum absolute atomic E-state index is 11.2. The molecule has 0 amide bonds. The predicted molar refractivity (Wildman–Crippen MR) is 68.3 cm³/mol. The highest BCUT2D eigenvalue weighted by Gasteiger charge is 2.06. The first-order valence-electron chi connectivity index (χ1n) is 6.46. The molecular formula is C14H26O2. The first-order chi connectivity index (χ1) is 7.61. The Morgan fingerprint density at radius 2 is 1.94 bits per heavy atom. The summed E-state index contributed by atoms with van der Waals surface area (Å²) < 4.78 is 4.88. The van der Waals surface area contributed by atoms with E-state index >= 15 is 0 Å². The number of rotatable bonds is 9. The molecular weight excluding hydrogens is 200 g/mol. The summed E-state index contributed by atoms with van der Waals surface area (Å²) in [6, 6.07) is 0. The zero-order valence-electron chi connectivity index (χ0n) is 11.1. The molecule has 94 valence electrons. The summed E-state index contributed by atoms with van der Waals surface area (Å²) in [6.07, 6.45) is 6.82. The lowest BCUT2D eigenvalue weighted by molar-refractivity contribution is -0.138. The van der Waals surface area contributed by atoms with Crippen LogP contribution in [0.3, 0.4) is 0 Å². The fraction of sp³-hybridized carbons (Fsp3) is 0.786. The summed E-state index contributed by atoms with van der Waals surface area (Å²) in [6.45, 7) is 10.5. The Balaban J connectivity index is 3.44. The van der Waals surface area contributed by atoms with Crippen molar-refractivity contribution in [2.45, 2.75) is 59.3 Å². The van der Waals surface area contributed by atoms with Crippen molar-refractivity contribution in [3.8, 4) is 0 Å². The van der Waals surface area contributed by atoms with Crippen molar-refractivity contribution in [3.05, 3.63) is 12.2 Å². The molecule has 0 radical (unpaired) electrons. The smallest absolute Gasteiger partial charge is 0.333 e. The van der Waals surface area contributed by atoms with Gasteiger partial charge in [0.05, 0.1) is 6.61 Å². The molecule has 16 heavy (non-hydrogen) atoms. The molecule has 0 rings (SSSR count). The number of esters is 1. The molecule has 0 aliphatic rings. The Kier molecular flexibility index (Phi) is 8.97. The lowest BCUT2D eigenvalue weighted by Crippen LogP contribution is -2.06. The molecule has 0 aromatic carbocycles. The lowest BCUT2D eigenvalue weighted by Gasteiger charge is -2.08. The van der Waals surface area contributed by atoms with Crippen LogP contribution in [0.2, 0.25) is 0 Å². The Morgan fingerprint density at radius 1 is 1.25 bits per heavy atom. The standard InChI is InChI=1S/C14H26O2/c1-5-12(3)10-8-7-9-11-13(4)14(15)16-6-2/h12H,4-11H2,1-3H3. The third-order valence-corrected chi connectivity index (χ3v) is 2.94. The fourth-order valence-corrected chi connectivity index (χ4v) is 1.55. The highest BCUT2D eigenvalue weighted by Crippen LogP contribution is 2.15. The van der Waals surface area contributed by atoms with Crippen LogP contribution >= 0.6 is 0 Å². The average molecular weight is 226 g/mol. The second kappa shape index (κ2) is 9.44. The Hall–Kier alpha value is -0.790. The number of carbonyl (C=O) groups is 1. The number of carbonyl (C=O) groups excluding carboxylic acids is 1. The van der Waals surface area contributed by atoms with Crippen molar-refractivity contribution in [2.24, 2.45) is 5.92 Å². The van der Waals surface area contributed by atoms with Crippen LogP contribution in [0.5, 0.6) is 0 Å². The lowest BCUT2D eigenvalue weighted by atomic mass is 9.99. The number of hydrogen-bond donors (Lipinski definition) is 0. The molecule has 0 saturated heterocycles. The molecule has 0 fully saturated rings. The minimum Gasteiger partial charge on any atom is -0.463 e. The minimum atomic E-state index is -0.232. The number of ether oxygens (including phenoxy) is 1. The summed E-state index contributed by atoms with van der Waals surface area (Å²) in [5.74, 6) is 0.595. The molecule has 0 heterocycles. The molecule has 0 aromatic rings. The van der Waals surface area contributed by atoms with Gasteiger partial charge in [-0.2, -0.15) is 0 Å². The van der Waals surface area contributed by atoms with Crippen molar-refractivity contribution in [3.63, 3.8) is 0 Å². The quantitative estimate of drug-likeness (QED) is 0.336. The van der Waals surface area contributed by atoms with Crippen LogP contribution in [0.1, 0.15) is 59.3 Å². The van der Waals surface area contributed by atoms with E-state index in [9.17, 15) is 4.79 Å². The number of hydrogen-bond acceptors (Lipinski definition) is 2. The van der Waals surface area contributed by atoms with E-state index in [-0.39, 0.29) is 5.97 Å². The molecule has 0 aromatic heterocycles. The molecule has 0 spiro atoms. The van der Waals surface area contributed by atoms with Gasteiger partial charge in [-0.25, -0.2) is 4.79 Å². The normalized spacial score (nSPS) is 12.2. The molecule has 2 nitrogen and oxygen atoms in total. The SMILES string of the molecule is C=C(CCCCCC(C)CC)C(=O)OCC. The van der Waals surface area contributed by atoms with Crippen LogP contribution in [0.4, 0.5) is 0 Å². The minimum absolute atomic E-state index is 0.232. The highest BCUT2D eigenvalue weighted by atomic mass is 16.5. The summed E-state index contributed by atoms with van der Waals surface area (Å²) in [4.78, 5) is 11.2.